The molecule has 10 heteroatoms. The molecule has 2 aromatic heterocycles. The van der Waals surface area contributed by atoms with Crippen LogP contribution in [0.1, 0.15) is 43.4 Å². The van der Waals surface area contributed by atoms with Crippen LogP contribution in [0.4, 0.5) is 8.78 Å². The molecule has 1 aliphatic carbocycles. The second-order valence-electron chi connectivity index (χ2n) is 8.44. The summed E-state index contributed by atoms with van der Waals surface area (Å²) < 4.78 is 35.1. The molecule has 1 amide bonds. The van der Waals surface area contributed by atoms with Crippen molar-refractivity contribution in [2.24, 2.45) is 11.7 Å². The number of pyridine rings is 1. The summed E-state index contributed by atoms with van der Waals surface area (Å²) in [5.41, 5.74) is 4.49. The molecular weight excluding hydrogens is 408 g/mol. The Kier molecular flexibility index (Phi) is 5.50. The van der Waals surface area contributed by atoms with E-state index in [0.717, 1.165) is 12.8 Å². The second kappa shape index (κ2) is 7.99. The number of alkyl halides is 2. The second-order valence-corrected chi connectivity index (χ2v) is 8.44. The number of nitrogens with zero attached hydrogens (tertiary/aromatic N) is 3. The number of aromatic nitrogens is 3. The van der Waals surface area contributed by atoms with Crippen LogP contribution in [-0.4, -0.2) is 51.6 Å². The number of nitrogens with two attached hydrogens (primary N) is 1. The van der Waals surface area contributed by atoms with E-state index in [1.54, 1.807) is 24.0 Å². The smallest absolute Gasteiger partial charge is 0.257 e. The molecule has 1 saturated carbocycles. The molecule has 0 radical (unpaired) electrons. The Bertz CT molecular complexity index is 988. The van der Waals surface area contributed by atoms with E-state index < -0.39 is 29.7 Å². The lowest BCUT2D eigenvalue weighted by Gasteiger charge is -2.45. The van der Waals surface area contributed by atoms with Crippen LogP contribution in [0.5, 0.6) is 5.88 Å². The number of amides is 1. The van der Waals surface area contributed by atoms with Crippen molar-refractivity contribution in [2.75, 3.05) is 19.7 Å². The predicted octanol–water partition coefficient (Wildman–Crippen LogP) is 1.78. The lowest BCUT2D eigenvalue weighted by molar-refractivity contribution is -0.139. The van der Waals surface area contributed by atoms with Gasteiger partial charge >= 0.3 is 0 Å². The van der Waals surface area contributed by atoms with Gasteiger partial charge in [0.05, 0.1) is 18.2 Å². The maximum Gasteiger partial charge on any atom is 0.257 e. The minimum Gasteiger partial charge on any atom is -0.476 e. The zero-order valence-corrected chi connectivity index (χ0v) is 17.2. The Morgan fingerprint density at radius 2 is 2.10 bits per heavy atom. The lowest BCUT2D eigenvalue weighted by Crippen LogP contribution is -2.59. The van der Waals surface area contributed by atoms with E-state index in [-0.39, 0.29) is 29.9 Å². The molecule has 8 nitrogen and oxygen atoms in total. The Morgan fingerprint density at radius 1 is 1.32 bits per heavy atom. The number of aromatic amines is 1. The number of halogens is 2. The van der Waals surface area contributed by atoms with Gasteiger partial charge in [-0.3, -0.25) is 14.5 Å². The van der Waals surface area contributed by atoms with Crippen LogP contribution in [0.25, 0.3) is 0 Å². The summed E-state index contributed by atoms with van der Waals surface area (Å²) in [4.78, 5) is 27.9. The van der Waals surface area contributed by atoms with E-state index in [0.29, 0.717) is 18.4 Å². The summed E-state index contributed by atoms with van der Waals surface area (Å²) in [5.74, 6) is -4.03. The van der Waals surface area contributed by atoms with Crippen LogP contribution in [0.2, 0.25) is 0 Å². The third-order valence-electron chi connectivity index (χ3n) is 6.25. The molecule has 1 saturated heterocycles. The summed E-state index contributed by atoms with van der Waals surface area (Å²) >= 11 is 0. The van der Waals surface area contributed by atoms with Gasteiger partial charge in [0, 0.05) is 37.8 Å². The zero-order valence-electron chi connectivity index (χ0n) is 17.2. The molecule has 3 N–H and O–H groups in total. The van der Waals surface area contributed by atoms with Crippen LogP contribution < -0.4 is 16.0 Å². The van der Waals surface area contributed by atoms with Gasteiger partial charge in [0.25, 0.3) is 5.92 Å². The Balaban J connectivity index is 1.59. The highest BCUT2D eigenvalue weighted by Gasteiger charge is 2.51. The number of carbonyl (C=O) groups is 1. The first-order valence-electron chi connectivity index (χ1n) is 10.3. The van der Waals surface area contributed by atoms with Gasteiger partial charge in [0.15, 0.2) is 0 Å². The maximum atomic E-state index is 14.7. The van der Waals surface area contributed by atoms with Gasteiger partial charge in [0.1, 0.15) is 5.54 Å². The number of likely N-dealkylation sites (tertiary alicyclic amines) is 1. The van der Waals surface area contributed by atoms with E-state index in [1.165, 1.54) is 18.3 Å². The molecule has 2 aromatic rings. The molecule has 2 atom stereocenters. The Hall–Kier alpha value is -2.88. The van der Waals surface area contributed by atoms with Gasteiger partial charge in [-0.1, -0.05) is 6.07 Å². The first-order valence-corrected chi connectivity index (χ1v) is 10.3. The fourth-order valence-corrected chi connectivity index (χ4v) is 3.89. The molecule has 1 unspecified atom stereocenters. The van der Waals surface area contributed by atoms with E-state index in [2.05, 4.69) is 15.2 Å². The van der Waals surface area contributed by atoms with Crippen molar-refractivity contribution >= 4 is 5.91 Å². The van der Waals surface area contributed by atoms with Crippen LogP contribution in [0.15, 0.2) is 35.3 Å². The largest absolute Gasteiger partial charge is 0.476 e. The van der Waals surface area contributed by atoms with Crippen LogP contribution in [0.3, 0.4) is 0 Å². The van der Waals surface area contributed by atoms with Crippen molar-refractivity contribution in [1.29, 1.82) is 0 Å². The van der Waals surface area contributed by atoms with Gasteiger partial charge in [-0.05, 0) is 37.3 Å². The summed E-state index contributed by atoms with van der Waals surface area (Å²) in [6.45, 7) is 1.95. The summed E-state index contributed by atoms with van der Waals surface area (Å²) in [5, 5.41) is 8.18. The summed E-state index contributed by atoms with van der Waals surface area (Å²) in [6, 6.07) is 5.81. The summed E-state index contributed by atoms with van der Waals surface area (Å²) in [7, 11) is 0. The zero-order chi connectivity index (χ0) is 22.2. The van der Waals surface area contributed by atoms with Gasteiger partial charge < -0.3 is 15.5 Å². The van der Waals surface area contributed by atoms with Crippen molar-refractivity contribution in [3.63, 3.8) is 0 Å². The van der Waals surface area contributed by atoms with Crippen LogP contribution in [0, 0.1) is 5.92 Å². The molecule has 166 valence electrons. The molecular formula is C21H25F2N5O3. The van der Waals surface area contributed by atoms with Gasteiger partial charge in [-0.2, -0.15) is 0 Å². The number of rotatable bonds is 7. The van der Waals surface area contributed by atoms with Gasteiger partial charge in [0.2, 0.25) is 17.3 Å². The Labute approximate surface area is 177 Å². The maximum absolute atomic E-state index is 14.7. The fourth-order valence-electron chi connectivity index (χ4n) is 3.89. The average molecular weight is 433 g/mol. The standard InChI is InChI=1S/C21H25F2N5O3/c1-20(19(24)30,16-5-7-18(27-26-16)31-12-13-2-3-13)28-9-8-21(22,23)15(11-28)14-4-6-17(29)25-10-14/h4-7,10,13,15H,2-3,8-9,11-12H2,1H3,(H2,24,30)(H,25,29)/t15-,20?/m1/s1. The lowest BCUT2D eigenvalue weighted by atomic mass is 9.83. The number of carbonyl (C=O) groups excluding carboxylic acids is 1. The summed E-state index contributed by atoms with van der Waals surface area (Å²) in [6.07, 6.45) is 3.11. The van der Waals surface area contributed by atoms with Crippen molar-refractivity contribution in [3.05, 3.63) is 52.1 Å². The average Bonchev–Trinajstić information content (AvgIpc) is 3.57. The molecule has 0 spiro atoms. The van der Waals surface area contributed by atoms with Crippen molar-refractivity contribution in [3.8, 4) is 5.88 Å². The number of piperidine rings is 1. The molecule has 0 aromatic carbocycles. The first-order chi connectivity index (χ1) is 14.7. The number of hydrogen-bond donors (Lipinski definition) is 2. The highest BCUT2D eigenvalue weighted by atomic mass is 19.3. The Morgan fingerprint density at radius 3 is 2.68 bits per heavy atom. The van der Waals surface area contributed by atoms with E-state index in [9.17, 15) is 18.4 Å². The topological polar surface area (TPSA) is 114 Å². The van der Waals surface area contributed by atoms with Gasteiger partial charge in [-0.15, -0.1) is 10.2 Å². The molecule has 2 fully saturated rings. The highest BCUT2D eigenvalue weighted by Crippen LogP contribution is 2.43. The molecule has 31 heavy (non-hydrogen) atoms. The molecule has 3 heterocycles. The molecule has 1 aliphatic heterocycles. The third kappa shape index (κ3) is 4.30. The van der Waals surface area contributed by atoms with Crippen molar-refractivity contribution < 1.29 is 18.3 Å². The van der Waals surface area contributed by atoms with Gasteiger partial charge in [-0.25, -0.2) is 8.78 Å². The first kappa shape index (κ1) is 21.4. The molecule has 4 rings (SSSR count). The SMILES string of the molecule is CC(C(N)=O)(c1ccc(OCC2CC2)nn1)N1CCC(F)(F)[C@@H](c2ccc(=O)[nH]c2)C1. The van der Waals surface area contributed by atoms with E-state index >= 15 is 0 Å². The van der Waals surface area contributed by atoms with Crippen molar-refractivity contribution in [1.82, 2.24) is 20.1 Å². The highest BCUT2D eigenvalue weighted by molar-refractivity contribution is 5.85. The predicted molar refractivity (Wildman–Crippen MR) is 108 cm³/mol. The fraction of sp³-hybridized carbons (Fsp3) is 0.524. The van der Waals surface area contributed by atoms with Crippen LogP contribution >= 0.6 is 0 Å². The molecule has 2 aliphatic rings. The normalized spacial score (nSPS) is 23.1. The van der Waals surface area contributed by atoms with Crippen LogP contribution in [-0.2, 0) is 10.3 Å². The number of nitrogens with one attached hydrogen (secondary N) is 1. The molecule has 0 bridgehead atoms. The minimum atomic E-state index is -3.00. The minimum absolute atomic E-state index is 0.0477. The monoisotopic (exact) mass is 433 g/mol. The number of H-pyrrole nitrogens is 1. The van der Waals surface area contributed by atoms with Crippen molar-refractivity contribution in [2.45, 2.75) is 43.6 Å². The van der Waals surface area contributed by atoms with E-state index in [1.807, 2.05) is 0 Å². The number of hydrogen-bond acceptors (Lipinski definition) is 6. The number of primary amides is 1. The number of ether oxygens (including phenoxy) is 1. The van der Waals surface area contributed by atoms with E-state index in [4.69, 9.17) is 10.5 Å². The third-order valence-corrected chi connectivity index (χ3v) is 6.25. The quantitative estimate of drug-likeness (QED) is 0.688.